The van der Waals surface area contributed by atoms with Gasteiger partial charge in [0.2, 0.25) is 5.91 Å². The molecular formula is C8H11N3OS2. The number of amides is 1. The highest BCUT2D eigenvalue weighted by Gasteiger charge is 2.31. The van der Waals surface area contributed by atoms with Gasteiger partial charge in [0.1, 0.15) is 0 Å². The lowest BCUT2D eigenvalue weighted by molar-refractivity contribution is -0.121. The number of rotatable bonds is 3. The van der Waals surface area contributed by atoms with Gasteiger partial charge in [-0.1, -0.05) is 12.2 Å². The first-order valence-corrected chi connectivity index (χ1v) is 5.24. The maximum absolute atomic E-state index is 11.7. The molecular weight excluding hydrogens is 218 g/mol. The smallest absolute Gasteiger partial charge is 0.238 e. The number of nitrogens with zero attached hydrogens (tertiary/aromatic N) is 1. The van der Waals surface area contributed by atoms with Gasteiger partial charge < -0.3 is 11.1 Å². The fourth-order valence-corrected chi connectivity index (χ4v) is 1.27. The monoisotopic (exact) mass is 229 g/mol. The number of thiazole rings is 1. The van der Waals surface area contributed by atoms with Gasteiger partial charge in [-0.25, -0.2) is 4.98 Å². The largest absolute Gasteiger partial charge is 0.392 e. The van der Waals surface area contributed by atoms with Crippen LogP contribution in [0.2, 0.25) is 0 Å². The summed E-state index contributed by atoms with van der Waals surface area (Å²) in [5.41, 5.74) is 4.61. The van der Waals surface area contributed by atoms with E-state index in [-0.39, 0.29) is 10.9 Å². The lowest BCUT2D eigenvalue weighted by Gasteiger charge is -2.20. The van der Waals surface area contributed by atoms with Gasteiger partial charge in [0.25, 0.3) is 0 Å². The van der Waals surface area contributed by atoms with E-state index in [4.69, 9.17) is 18.0 Å². The molecule has 0 aliphatic heterocycles. The van der Waals surface area contributed by atoms with Crippen LogP contribution in [0.15, 0.2) is 11.6 Å². The lowest BCUT2D eigenvalue weighted by Crippen LogP contribution is -2.41. The summed E-state index contributed by atoms with van der Waals surface area (Å²) in [6.07, 6.45) is 1.62. The Balaban J connectivity index is 2.72. The Bertz CT molecular complexity index is 345. The summed E-state index contributed by atoms with van der Waals surface area (Å²) in [6.45, 7) is 3.36. The topological polar surface area (TPSA) is 68.0 Å². The van der Waals surface area contributed by atoms with Crippen molar-refractivity contribution in [1.82, 2.24) is 4.98 Å². The minimum absolute atomic E-state index is 0.173. The molecule has 3 N–H and O–H groups in total. The number of nitrogens with one attached hydrogen (secondary N) is 1. The molecule has 1 aromatic heterocycles. The van der Waals surface area contributed by atoms with Crippen LogP contribution in [-0.4, -0.2) is 15.9 Å². The third kappa shape index (κ3) is 2.27. The second kappa shape index (κ2) is 4.02. The average molecular weight is 229 g/mol. The number of carbonyl (C=O) groups is 1. The first-order chi connectivity index (χ1) is 6.44. The number of hydrogen-bond acceptors (Lipinski definition) is 4. The molecule has 0 aromatic carbocycles. The van der Waals surface area contributed by atoms with Crippen molar-refractivity contribution in [2.45, 2.75) is 13.8 Å². The van der Waals surface area contributed by atoms with Gasteiger partial charge in [0, 0.05) is 11.6 Å². The Morgan fingerprint density at radius 3 is 2.79 bits per heavy atom. The van der Waals surface area contributed by atoms with Crippen LogP contribution in [0, 0.1) is 5.41 Å². The van der Waals surface area contributed by atoms with Crippen LogP contribution in [-0.2, 0) is 4.79 Å². The summed E-state index contributed by atoms with van der Waals surface area (Å²) in [6, 6.07) is 0. The molecule has 4 nitrogen and oxygen atoms in total. The lowest BCUT2D eigenvalue weighted by atomic mass is 9.92. The van der Waals surface area contributed by atoms with Gasteiger partial charge in [-0.3, -0.25) is 4.79 Å². The molecule has 0 saturated carbocycles. The van der Waals surface area contributed by atoms with Crippen LogP contribution in [0.25, 0.3) is 0 Å². The normalized spacial score (nSPS) is 11.0. The van der Waals surface area contributed by atoms with E-state index in [0.29, 0.717) is 5.13 Å². The van der Waals surface area contributed by atoms with Gasteiger partial charge in [0.15, 0.2) is 5.13 Å². The zero-order chi connectivity index (χ0) is 10.8. The molecule has 0 bridgehead atoms. The first kappa shape index (κ1) is 11.1. The van der Waals surface area contributed by atoms with Crippen molar-refractivity contribution in [1.29, 1.82) is 0 Å². The van der Waals surface area contributed by atoms with Gasteiger partial charge >= 0.3 is 0 Å². The first-order valence-electron chi connectivity index (χ1n) is 3.95. The van der Waals surface area contributed by atoms with Crippen molar-refractivity contribution in [2.75, 3.05) is 5.32 Å². The van der Waals surface area contributed by atoms with Crippen molar-refractivity contribution < 1.29 is 4.79 Å². The van der Waals surface area contributed by atoms with E-state index in [9.17, 15) is 4.79 Å². The second-order valence-electron chi connectivity index (χ2n) is 3.28. The fourth-order valence-electron chi connectivity index (χ4n) is 0.650. The Kier molecular flexibility index (Phi) is 3.17. The predicted molar refractivity (Wildman–Crippen MR) is 61.3 cm³/mol. The highest BCUT2D eigenvalue weighted by Crippen LogP contribution is 2.19. The molecule has 76 valence electrons. The van der Waals surface area contributed by atoms with Crippen molar-refractivity contribution in [3.63, 3.8) is 0 Å². The van der Waals surface area contributed by atoms with Crippen molar-refractivity contribution in [3.05, 3.63) is 11.6 Å². The molecule has 1 amide bonds. The maximum atomic E-state index is 11.7. The number of hydrogen-bond donors (Lipinski definition) is 2. The molecule has 0 aliphatic rings. The molecule has 1 aromatic rings. The summed E-state index contributed by atoms with van der Waals surface area (Å²) < 4.78 is 0. The minimum atomic E-state index is -0.846. The molecule has 0 fully saturated rings. The average Bonchev–Trinajstić information content (AvgIpc) is 2.56. The highest BCUT2D eigenvalue weighted by atomic mass is 32.1. The molecule has 1 heterocycles. The highest BCUT2D eigenvalue weighted by molar-refractivity contribution is 7.80. The molecule has 0 aliphatic carbocycles. The molecule has 1 rings (SSSR count). The van der Waals surface area contributed by atoms with Crippen LogP contribution < -0.4 is 11.1 Å². The standard InChI is InChI=1S/C8H11N3OS2/c1-8(2,5(9)13)6(12)11-7-10-3-4-14-7/h3-4H,1-2H3,(H2,9,13)(H,10,11,12). The molecule has 0 radical (unpaired) electrons. The van der Waals surface area contributed by atoms with Gasteiger partial charge in [0.05, 0.1) is 10.4 Å². The van der Waals surface area contributed by atoms with Crippen molar-refractivity contribution in [3.8, 4) is 0 Å². The Morgan fingerprint density at radius 2 is 2.36 bits per heavy atom. The minimum Gasteiger partial charge on any atom is -0.392 e. The molecule has 0 unspecified atom stereocenters. The number of nitrogens with two attached hydrogens (primary N) is 1. The van der Waals surface area contributed by atoms with Crippen LogP contribution in [0.3, 0.4) is 0 Å². The molecule has 6 heteroatoms. The molecule has 14 heavy (non-hydrogen) atoms. The summed E-state index contributed by atoms with van der Waals surface area (Å²) >= 11 is 6.16. The van der Waals surface area contributed by atoms with E-state index in [0.717, 1.165) is 0 Å². The van der Waals surface area contributed by atoms with E-state index in [1.54, 1.807) is 25.4 Å². The summed E-state index contributed by atoms with van der Waals surface area (Å²) in [7, 11) is 0. The van der Waals surface area contributed by atoms with Crippen LogP contribution >= 0.6 is 23.6 Å². The maximum Gasteiger partial charge on any atom is 0.238 e. The van der Waals surface area contributed by atoms with E-state index in [1.807, 2.05) is 0 Å². The van der Waals surface area contributed by atoms with Crippen molar-refractivity contribution in [2.24, 2.45) is 11.1 Å². The number of anilines is 1. The Morgan fingerprint density at radius 1 is 1.71 bits per heavy atom. The summed E-state index contributed by atoms with van der Waals surface area (Å²) in [5.74, 6) is -0.236. The number of aromatic nitrogens is 1. The van der Waals surface area contributed by atoms with Crippen molar-refractivity contribution >= 4 is 39.6 Å². The molecule has 0 atom stereocenters. The number of thiocarbonyl (C=S) groups is 1. The summed E-state index contributed by atoms with van der Waals surface area (Å²) in [4.78, 5) is 15.8. The van der Waals surface area contributed by atoms with Crippen LogP contribution in [0.1, 0.15) is 13.8 Å². The van der Waals surface area contributed by atoms with E-state index in [1.165, 1.54) is 11.3 Å². The van der Waals surface area contributed by atoms with Gasteiger partial charge in [-0.15, -0.1) is 11.3 Å². The fraction of sp³-hybridized carbons (Fsp3) is 0.375. The van der Waals surface area contributed by atoms with Gasteiger partial charge in [-0.2, -0.15) is 0 Å². The third-order valence-corrected chi connectivity index (χ3v) is 3.04. The zero-order valence-corrected chi connectivity index (χ0v) is 9.54. The van der Waals surface area contributed by atoms with Crippen LogP contribution in [0.4, 0.5) is 5.13 Å². The van der Waals surface area contributed by atoms with E-state index < -0.39 is 5.41 Å². The number of carbonyl (C=O) groups excluding carboxylic acids is 1. The van der Waals surface area contributed by atoms with E-state index in [2.05, 4.69) is 10.3 Å². The summed E-state index contributed by atoms with van der Waals surface area (Å²) in [5, 5.41) is 4.98. The predicted octanol–water partition coefficient (Wildman–Crippen LogP) is 1.39. The Hall–Kier alpha value is -1.01. The third-order valence-electron chi connectivity index (χ3n) is 1.84. The van der Waals surface area contributed by atoms with Gasteiger partial charge in [-0.05, 0) is 13.8 Å². The quantitative estimate of drug-likeness (QED) is 0.769. The van der Waals surface area contributed by atoms with Crippen LogP contribution in [0.5, 0.6) is 0 Å². The Labute approximate surface area is 91.5 Å². The molecule has 0 spiro atoms. The molecule has 0 saturated heterocycles. The zero-order valence-electron chi connectivity index (χ0n) is 7.90. The van der Waals surface area contributed by atoms with E-state index >= 15 is 0 Å². The SMILES string of the molecule is CC(C)(C(=O)Nc1nccs1)C(N)=S. The second-order valence-corrected chi connectivity index (χ2v) is 4.62.